The molecule has 0 aliphatic carbocycles. The molecule has 19 heavy (non-hydrogen) atoms. The van der Waals surface area contributed by atoms with E-state index in [2.05, 4.69) is 10.4 Å². The lowest BCUT2D eigenvalue weighted by Gasteiger charge is -2.22. The Morgan fingerprint density at radius 2 is 1.89 bits per heavy atom. The Morgan fingerprint density at radius 1 is 1.21 bits per heavy atom. The van der Waals surface area contributed by atoms with Crippen molar-refractivity contribution in [3.8, 4) is 0 Å². The van der Waals surface area contributed by atoms with Gasteiger partial charge in [-0.2, -0.15) is 13.2 Å². The number of benzene rings is 1. The summed E-state index contributed by atoms with van der Waals surface area (Å²) in [6.45, 7) is 0.479. The van der Waals surface area contributed by atoms with Gasteiger partial charge in [-0.1, -0.05) is 12.1 Å². The number of alkyl halides is 3. The third-order valence-corrected chi connectivity index (χ3v) is 2.58. The number of nitrogens with one attached hydrogen (secondary N) is 1. The fourth-order valence-corrected chi connectivity index (χ4v) is 1.61. The van der Waals surface area contributed by atoms with E-state index in [0.29, 0.717) is 13.0 Å². The van der Waals surface area contributed by atoms with Crippen LogP contribution < -0.4 is 5.43 Å². The lowest BCUT2D eigenvalue weighted by molar-refractivity contribution is -0.137. The second kappa shape index (κ2) is 5.21. The molecule has 0 aromatic heterocycles. The second-order valence-corrected chi connectivity index (χ2v) is 4.03. The molecule has 0 fully saturated rings. The number of rotatable bonds is 3. The SMILES string of the molecule is OC1=CN=CN(CCc2ccc(C(F)(F)F)cc2)N1. The summed E-state index contributed by atoms with van der Waals surface area (Å²) in [6.07, 6.45) is -1.03. The highest BCUT2D eigenvalue weighted by Crippen LogP contribution is 2.29. The molecular formula is C12H12F3N3O. The molecule has 1 aliphatic rings. The van der Waals surface area contributed by atoms with Crippen LogP contribution in [0.3, 0.4) is 0 Å². The molecule has 1 aliphatic heterocycles. The molecule has 0 radical (unpaired) electrons. The number of aliphatic hydroxyl groups excluding tert-OH is 1. The largest absolute Gasteiger partial charge is 0.493 e. The van der Waals surface area contributed by atoms with Crippen molar-refractivity contribution < 1.29 is 18.3 Å². The van der Waals surface area contributed by atoms with Gasteiger partial charge in [0.15, 0.2) is 0 Å². The van der Waals surface area contributed by atoms with E-state index >= 15 is 0 Å². The quantitative estimate of drug-likeness (QED) is 0.887. The number of hydrogen-bond donors (Lipinski definition) is 2. The predicted molar refractivity (Wildman–Crippen MR) is 64.2 cm³/mol. The van der Waals surface area contributed by atoms with Crippen LogP contribution in [0.4, 0.5) is 13.2 Å². The molecule has 0 saturated heterocycles. The molecule has 0 saturated carbocycles. The van der Waals surface area contributed by atoms with E-state index in [1.54, 1.807) is 5.01 Å². The van der Waals surface area contributed by atoms with Crippen molar-refractivity contribution in [2.24, 2.45) is 4.99 Å². The van der Waals surface area contributed by atoms with E-state index < -0.39 is 11.7 Å². The Morgan fingerprint density at radius 3 is 2.47 bits per heavy atom. The van der Waals surface area contributed by atoms with Gasteiger partial charge in [0.1, 0.15) is 6.34 Å². The molecule has 0 atom stereocenters. The molecule has 1 heterocycles. The molecule has 7 heteroatoms. The van der Waals surface area contributed by atoms with Gasteiger partial charge in [-0.15, -0.1) is 0 Å². The number of nitrogens with zero attached hydrogens (tertiary/aromatic N) is 2. The van der Waals surface area contributed by atoms with Crippen molar-refractivity contribution in [1.29, 1.82) is 0 Å². The average Bonchev–Trinajstić information content (AvgIpc) is 2.36. The van der Waals surface area contributed by atoms with Crippen molar-refractivity contribution in [2.45, 2.75) is 12.6 Å². The van der Waals surface area contributed by atoms with Crippen LogP contribution in [0.5, 0.6) is 0 Å². The third kappa shape index (κ3) is 3.64. The fraction of sp³-hybridized carbons (Fsp3) is 0.250. The van der Waals surface area contributed by atoms with E-state index in [4.69, 9.17) is 0 Å². The number of aliphatic imine (C=N–C) groups is 1. The maximum absolute atomic E-state index is 12.4. The van der Waals surface area contributed by atoms with Gasteiger partial charge in [0, 0.05) is 6.54 Å². The summed E-state index contributed by atoms with van der Waals surface area (Å²) in [5.41, 5.74) is 2.76. The summed E-state index contributed by atoms with van der Waals surface area (Å²) in [6, 6.07) is 5.01. The van der Waals surface area contributed by atoms with Gasteiger partial charge in [0.05, 0.1) is 11.8 Å². The van der Waals surface area contributed by atoms with Crippen LogP contribution in [-0.2, 0) is 12.6 Å². The molecule has 1 aromatic carbocycles. The highest BCUT2D eigenvalue weighted by molar-refractivity contribution is 5.56. The minimum Gasteiger partial charge on any atom is -0.493 e. The van der Waals surface area contributed by atoms with Crippen LogP contribution in [0.15, 0.2) is 41.3 Å². The Balaban J connectivity index is 1.90. The van der Waals surface area contributed by atoms with E-state index in [1.165, 1.54) is 24.7 Å². The van der Waals surface area contributed by atoms with Crippen LogP contribution in [-0.4, -0.2) is 23.0 Å². The van der Waals surface area contributed by atoms with Crippen LogP contribution in [0, 0.1) is 0 Å². The maximum Gasteiger partial charge on any atom is 0.416 e. The molecule has 0 amide bonds. The highest BCUT2D eigenvalue weighted by Gasteiger charge is 2.29. The highest BCUT2D eigenvalue weighted by atomic mass is 19.4. The number of hydrogen-bond acceptors (Lipinski definition) is 4. The number of hydrazine groups is 1. The van der Waals surface area contributed by atoms with Gasteiger partial charge in [-0.05, 0) is 24.1 Å². The van der Waals surface area contributed by atoms with Gasteiger partial charge in [-0.3, -0.25) is 10.4 Å². The number of aliphatic hydroxyl groups is 1. The first-order valence-corrected chi connectivity index (χ1v) is 5.57. The van der Waals surface area contributed by atoms with E-state index in [0.717, 1.165) is 17.7 Å². The van der Waals surface area contributed by atoms with Gasteiger partial charge in [0.2, 0.25) is 5.88 Å². The van der Waals surface area contributed by atoms with Crippen LogP contribution >= 0.6 is 0 Å². The summed E-state index contributed by atoms with van der Waals surface area (Å²) >= 11 is 0. The monoisotopic (exact) mass is 271 g/mol. The molecule has 0 spiro atoms. The summed E-state index contributed by atoms with van der Waals surface area (Å²) in [4.78, 5) is 3.78. The van der Waals surface area contributed by atoms with Gasteiger partial charge in [-0.25, -0.2) is 4.99 Å². The Bertz CT molecular complexity index is 494. The molecule has 0 bridgehead atoms. The summed E-state index contributed by atoms with van der Waals surface area (Å²) < 4.78 is 37.1. The van der Waals surface area contributed by atoms with Crippen LogP contribution in [0.25, 0.3) is 0 Å². The molecule has 0 unspecified atom stereocenters. The van der Waals surface area contributed by atoms with Crippen molar-refractivity contribution in [1.82, 2.24) is 10.4 Å². The van der Waals surface area contributed by atoms with Crippen molar-refractivity contribution in [2.75, 3.05) is 6.54 Å². The van der Waals surface area contributed by atoms with E-state index in [1.807, 2.05) is 0 Å². The first-order chi connectivity index (χ1) is 8.95. The van der Waals surface area contributed by atoms with Gasteiger partial charge in [0.25, 0.3) is 0 Å². The van der Waals surface area contributed by atoms with Gasteiger partial charge < -0.3 is 5.11 Å². The Kier molecular flexibility index (Phi) is 3.64. The maximum atomic E-state index is 12.4. The second-order valence-electron chi connectivity index (χ2n) is 4.03. The van der Waals surface area contributed by atoms with E-state index in [-0.39, 0.29) is 5.88 Å². The van der Waals surface area contributed by atoms with Crippen LogP contribution in [0.2, 0.25) is 0 Å². The van der Waals surface area contributed by atoms with Crippen molar-refractivity contribution in [3.63, 3.8) is 0 Å². The first kappa shape index (κ1) is 13.3. The molecule has 2 rings (SSSR count). The van der Waals surface area contributed by atoms with Crippen LogP contribution in [0.1, 0.15) is 11.1 Å². The zero-order valence-electron chi connectivity index (χ0n) is 9.85. The molecule has 2 N–H and O–H groups in total. The van der Waals surface area contributed by atoms with Crippen molar-refractivity contribution in [3.05, 3.63) is 47.5 Å². The zero-order chi connectivity index (χ0) is 13.9. The lowest BCUT2D eigenvalue weighted by atomic mass is 10.1. The normalized spacial score (nSPS) is 15.1. The van der Waals surface area contributed by atoms with Crippen molar-refractivity contribution >= 4 is 6.34 Å². The minimum atomic E-state index is -4.31. The lowest BCUT2D eigenvalue weighted by Crippen LogP contribution is -2.39. The first-order valence-electron chi connectivity index (χ1n) is 5.57. The summed E-state index contributed by atoms with van der Waals surface area (Å²) in [7, 11) is 0. The standard InChI is InChI=1S/C12H12F3N3O/c13-12(14,15)10-3-1-9(2-4-10)5-6-18-8-16-7-11(19)17-18/h1-4,7-8,17,19H,5-6H2. The molecule has 4 nitrogen and oxygen atoms in total. The number of halogens is 3. The molecular weight excluding hydrogens is 259 g/mol. The average molecular weight is 271 g/mol. The fourth-order valence-electron chi connectivity index (χ4n) is 1.61. The topological polar surface area (TPSA) is 47.9 Å². The smallest absolute Gasteiger partial charge is 0.416 e. The minimum absolute atomic E-state index is 0.0741. The van der Waals surface area contributed by atoms with Gasteiger partial charge >= 0.3 is 6.18 Å². The summed E-state index contributed by atoms with van der Waals surface area (Å²) in [5, 5.41) is 10.7. The summed E-state index contributed by atoms with van der Waals surface area (Å²) in [5.74, 6) is -0.0741. The molecule has 1 aromatic rings. The predicted octanol–water partition coefficient (Wildman–Crippen LogP) is 2.45. The Hall–Kier alpha value is -2.18. The third-order valence-electron chi connectivity index (χ3n) is 2.58. The molecule has 102 valence electrons. The van der Waals surface area contributed by atoms with E-state index in [9.17, 15) is 18.3 Å². The Labute approximate surface area is 107 Å². The zero-order valence-corrected chi connectivity index (χ0v) is 9.85.